The van der Waals surface area contributed by atoms with Gasteiger partial charge in [-0.3, -0.25) is 4.99 Å². The second-order valence-electron chi connectivity index (χ2n) is 6.27. The topological polar surface area (TPSA) is 72.1 Å². The summed E-state index contributed by atoms with van der Waals surface area (Å²) in [6.07, 6.45) is 0.827. The number of methoxy groups -OCH3 is 2. The molecule has 6 nitrogen and oxygen atoms in total. The highest BCUT2D eigenvalue weighted by Gasteiger charge is 2.19. The molecule has 3 N–H and O–H groups in total. The van der Waals surface area contributed by atoms with E-state index in [1.807, 2.05) is 32.3 Å². The van der Waals surface area contributed by atoms with Crippen molar-refractivity contribution in [1.29, 1.82) is 0 Å². The van der Waals surface area contributed by atoms with Crippen LogP contribution in [-0.4, -0.2) is 57.8 Å². The van der Waals surface area contributed by atoms with Crippen LogP contribution in [0.4, 0.5) is 0 Å². The van der Waals surface area contributed by atoms with E-state index in [9.17, 15) is 0 Å². The normalized spacial score (nSPS) is 11.9. The number of nitrogens with one attached hydrogen (secondary N) is 1. The number of hydrogen-bond donors (Lipinski definition) is 2. The van der Waals surface area contributed by atoms with Gasteiger partial charge in [0, 0.05) is 12.1 Å². The molecule has 0 unspecified atom stereocenters. The summed E-state index contributed by atoms with van der Waals surface area (Å²) in [5, 5.41) is 3.15. The van der Waals surface area contributed by atoms with Crippen molar-refractivity contribution in [3.8, 4) is 11.5 Å². The zero-order chi connectivity index (χ0) is 17.5. The number of hydrogen-bond acceptors (Lipinski definition) is 4. The molecule has 0 aliphatic rings. The Bertz CT molecular complexity index is 533. The summed E-state index contributed by atoms with van der Waals surface area (Å²) >= 11 is 0. The average Bonchev–Trinajstić information content (AvgIpc) is 2.52. The maximum Gasteiger partial charge on any atom is 0.188 e. The molecule has 1 aromatic rings. The van der Waals surface area contributed by atoms with Gasteiger partial charge in [0.05, 0.1) is 20.8 Å². The lowest BCUT2D eigenvalue weighted by Crippen LogP contribution is -2.42. The van der Waals surface area contributed by atoms with E-state index in [4.69, 9.17) is 15.2 Å². The predicted octanol–water partition coefficient (Wildman–Crippen LogP) is 2.11. The van der Waals surface area contributed by atoms with Crippen LogP contribution in [0.15, 0.2) is 23.2 Å². The first kappa shape index (κ1) is 22.8. The van der Waals surface area contributed by atoms with Crippen molar-refractivity contribution in [1.82, 2.24) is 10.2 Å². The van der Waals surface area contributed by atoms with E-state index >= 15 is 0 Å². The summed E-state index contributed by atoms with van der Waals surface area (Å²) in [5.41, 5.74) is 7.05. The molecule has 138 valence electrons. The van der Waals surface area contributed by atoms with Crippen molar-refractivity contribution < 1.29 is 9.47 Å². The third-order valence-electron chi connectivity index (χ3n) is 4.01. The molecule has 0 aliphatic carbocycles. The summed E-state index contributed by atoms with van der Waals surface area (Å²) < 4.78 is 10.5. The van der Waals surface area contributed by atoms with Crippen molar-refractivity contribution in [3.05, 3.63) is 23.8 Å². The fourth-order valence-corrected chi connectivity index (χ4v) is 1.85. The Morgan fingerprint density at radius 2 is 1.83 bits per heavy atom. The molecule has 0 saturated heterocycles. The van der Waals surface area contributed by atoms with Crippen LogP contribution in [0, 0.1) is 0 Å². The summed E-state index contributed by atoms with van der Waals surface area (Å²) in [6, 6.07) is 5.90. The second-order valence-corrected chi connectivity index (χ2v) is 6.27. The predicted molar refractivity (Wildman–Crippen MR) is 111 cm³/mol. The second kappa shape index (κ2) is 10.6. The van der Waals surface area contributed by atoms with Crippen LogP contribution in [-0.2, 0) is 6.42 Å². The van der Waals surface area contributed by atoms with Crippen LogP contribution in [0.25, 0.3) is 0 Å². The summed E-state index contributed by atoms with van der Waals surface area (Å²) in [7, 11) is 7.34. The first-order valence-corrected chi connectivity index (χ1v) is 7.72. The summed E-state index contributed by atoms with van der Waals surface area (Å²) in [5.74, 6) is 1.94. The first-order chi connectivity index (χ1) is 10.8. The molecule has 0 heterocycles. The van der Waals surface area contributed by atoms with Gasteiger partial charge in [-0.1, -0.05) is 6.07 Å². The first-order valence-electron chi connectivity index (χ1n) is 7.72. The minimum Gasteiger partial charge on any atom is -0.493 e. The zero-order valence-electron chi connectivity index (χ0n) is 15.5. The molecule has 0 aromatic heterocycles. The van der Waals surface area contributed by atoms with E-state index in [0.717, 1.165) is 23.5 Å². The van der Waals surface area contributed by atoms with Gasteiger partial charge in [-0.2, -0.15) is 0 Å². The van der Waals surface area contributed by atoms with Gasteiger partial charge in [-0.25, -0.2) is 0 Å². The van der Waals surface area contributed by atoms with E-state index < -0.39 is 0 Å². The summed E-state index contributed by atoms with van der Waals surface area (Å²) in [6.45, 7) is 5.63. The van der Waals surface area contributed by atoms with Gasteiger partial charge >= 0.3 is 0 Å². The van der Waals surface area contributed by atoms with Crippen molar-refractivity contribution >= 4 is 29.9 Å². The number of aliphatic imine (C=N–C) groups is 1. The number of ether oxygens (including phenoxy) is 2. The number of guanidine groups is 1. The Hall–Kier alpha value is -1.22. The smallest absolute Gasteiger partial charge is 0.188 e. The molecule has 24 heavy (non-hydrogen) atoms. The average molecular weight is 450 g/mol. The van der Waals surface area contributed by atoms with Gasteiger partial charge in [0.15, 0.2) is 17.5 Å². The molecule has 0 aliphatic heterocycles. The lowest BCUT2D eigenvalue weighted by atomic mass is 10.1. The third-order valence-corrected chi connectivity index (χ3v) is 4.01. The highest BCUT2D eigenvalue weighted by Crippen LogP contribution is 2.27. The Morgan fingerprint density at radius 1 is 1.21 bits per heavy atom. The van der Waals surface area contributed by atoms with Crippen LogP contribution in [0.5, 0.6) is 11.5 Å². The van der Waals surface area contributed by atoms with Gasteiger partial charge in [0.25, 0.3) is 0 Å². The molecule has 0 saturated carbocycles. The molecule has 7 heteroatoms. The minimum absolute atomic E-state index is 0. The number of nitrogens with two attached hydrogens (primary N) is 1. The molecule has 0 atom stereocenters. The van der Waals surface area contributed by atoms with E-state index in [1.165, 1.54) is 0 Å². The number of benzene rings is 1. The maximum absolute atomic E-state index is 5.92. The van der Waals surface area contributed by atoms with Gasteiger partial charge in [-0.15, -0.1) is 24.0 Å². The van der Waals surface area contributed by atoms with E-state index in [1.54, 1.807) is 14.2 Å². The lowest BCUT2D eigenvalue weighted by Gasteiger charge is -2.30. The monoisotopic (exact) mass is 450 g/mol. The fourth-order valence-electron chi connectivity index (χ4n) is 1.85. The van der Waals surface area contributed by atoms with Crippen molar-refractivity contribution in [2.75, 3.05) is 41.4 Å². The Kier molecular flexibility index (Phi) is 10.1. The van der Waals surface area contributed by atoms with E-state index in [2.05, 4.69) is 29.1 Å². The quantitative estimate of drug-likeness (QED) is 0.361. The van der Waals surface area contributed by atoms with Crippen LogP contribution < -0.4 is 20.5 Å². The Labute approximate surface area is 162 Å². The van der Waals surface area contributed by atoms with Gasteiger partial charge < -0.3 is 25.4 Å². The highest BCUT2D eigenvalue weighted by molar-refractivity contribution is 14.0. The number of nitrogens with zero attached hydrogens (tertiary/aromatic N) is 2. The Balaban J connectivity index is 0.00000529. The van der Waals surface area contributed by atoms with E-state index in [0.29, 0.717) is 19.0 Å². The SMILES string of the molecule is COc1ccc(CCNC(N)=NCC(C)(C)N(C)C)cc1OC.I. The Morgan fingerprint density at radius 3 is 2.38 bits per heavy atom. The minimum atomic E-state index is -0.0182. The summed E-state index contributed by atoms with van der Waals surface area (Å²) in [4.78, 5) is 6.54. The standard InChI is InChI=1S/C17H30N4O2.HI/c1-17(2,21(3)4)12-20-16(18)19-10-9-13-7-8-14(22-5)15(11-13)23-6;/h7-8,11H,9-10,12H2,1-6H3,(H3,18,19,20);1H. The van der Waals surface area contributed by atoms with Crippen molar-refractivity contribution in [2.45, 2.75) is 25.8 Å². The van der Waals surface area contributed by atoms with Crippen LogP contribution in [0.3, 0.4) is 0 Å². The molecular weight excluding hydrogens is 419 g/mol. The molecule has 0 fully saturated rings. The van der Waals surface area contributed by atoms with Gasteiger partial charge in [0.1, 0.15) is 0 Å². The molecule has 1 rings (SSSR count). The van der Waals surface area contributed by atoms with Gasteiger partial charge in [0.2, 0.25) is 0 Å². The molecule has 0 amide bonds. The number of likely N-dealkylation sites (N-methyl/N-ethyl adjacent to an activating group) is 1. The maximum atomic E-state index is 5.92. The molecule has 0 spiro atoms. The fraction of sp³-hybridized carbons (Fsp3) is 0.588. The molecule has 0 radical (unpaired) electrons. The van der Waals surface area contributed by atoms with Crippen LogP contribution in [0.1, 0.15) is 19.4 Å². The highest BCUT2D eigenvalue weighted by atomic mass is 127. The van der Waals surface area contributed by atoms with E-state index in [-0.39, 0.29) is 29.5 Å². The largest absolute Gasteiger partial charge is 0.493 e. The number of halogens is 1. The zero-order valence-corrected chi connectivity index (χ0v) is 17.9. The van der Waals surface area contributed by atoms with Gasteiger partial charge in [-0.05, 0) is 52.1 Å². The lowest BCUT2D eigenvalue weighted by molar-refractivity contribution is 0.205. The van der Waals surface area contributed by atoms with Crippen molar-refractivity contribution in [3.63, 3.8) is 0 Å². The molecule has 1 aromatic carbocycles. The van der Waals surface area contributed by atoms with Crippen LogP contribution in [0.2, 0.25) is 0 Å². The number of rotatable bonds is 8. The molecular formula is C17H31IN4O2. The van der Waals surface area contributed by atoms with Crippen molar-refractivity contribution in [2.24, 2.45) is 10.7 Å². The molecule has 0 bridgehead atoms. The third kappa shape index (κ3) is 7.12. The van der Waals surface area contributed by atoms with Crippen LogP contribution >= 0.6 is 24.0 Å².